The molecule has 0 aliphatic carbocycles. The monoisotopic (exact) mass is 387 g/mol. The number of piperidine rings is 1. The van der Waals surface area contributed by atoms with Crippen LogP contribution in [0.1, 0.15) is 18.4 Å². The van der Waals surface area contributed by atoms with Gasteiger partial charge in [0.25, 0.3) is 0 Å². The van der Waals surface area contributed by atoms with E-state index in [4.69, 9.17) is 9.47 Å². The second kappa shape index (κ2) is 8.92. The third kappa shape index (κ3) is 4.47. The first kappa shape index (κ1) is 19.2. The van der Waals surface area contributed by atoms with Crippen LogP contribution in [0.25, 0.3) is 0 Å². The number of benzene rings is 1. The zero-order chi connectivity index (χ0) is 19.3. The van der Waals surface area contributed by atoms with Crippen LogP contribution in [0.5, 0.6) is 5.75 Å². The summed E-state index contributed by atoms with van der Waals surface area (Å²) in [4.78, 5) is 31.6. The van der Waals surface area contributed by atoms with Crippen LogP contribution in [0.4, 0.5) is 0 Å². The Hall–Kier alpha value is -2.12. The normalized spacial score (nSPS) is 23.7. The van der Waals surface area contributed by atoms with Crippen molar-refractivity contribution in [3.63, 3.8) is 0 Å². The summed E-state index contributed by atoms with van der Waals surface area (Å²) >= 11 is 0. The minimum atomic E-state index is -0.118. The van der Waals surface area contributed by atoms with Gasteiger partial charge in [0.1, 0.15) is 12.4 Å². The first-order valence-corrected chi connectivity index (χ1v) is 10.3. The van der Waals surface area contributed by atoms with Gasteiger partial charge in [0, 0.05) is 51.3 Å². The Bertz CT molecular complexity index is 705. The highest BCUT2D eigenvalue weighted by atomic mass is 16.5. The number of likely N-dealkylation sites (tertiary alicyclic amines) is 1. The fourth-order valence-electron chi connectivity index (χ4n) is 4.19. The van der Waals surface area contributed by atoms with Crippen molar-refractivity contribution < 1.29 is 19.1 Å². The molecule has 7 heteroatoms. The molecule has 7 nitrogen and oxygen atoms in total. The van der Waals surface area contributed by atoms with Gasteiger partial charge in [-0.25, -0.2) is 0 Å². The van der Waals surface area contributed by atoms with E-state index in [0.29, 0.717) is 45.6 Å². The molecular weight excluding hydrogens is 358 g/mol. The molecule has 3 heterocycles. The van der Waals surface area contributed by atoms with E-state index < -0.39 is 0 Å². The lowest BCUT2D eigenvalue weighted by atomic mass is 9.95. The van der Waals surface area contributed by atoms with Gasteiger partial charge >= 0.3 is 0 Å². The van der Waals surface area contributed by atoms with Crippen LogP contribution < -0.4 is 4.74 Å². The summed E-state index contributed by atoms with van der Waals surface area (Å²) in [7, 11) is 0. The lowest BCUT2D eigenvalue weighted by molar-refractivity contribution is -0.143. The quantitative estimate of drug-likeness (QED) is 0.771. The topological polar surface area (TPSA) is 62.3 Å². The molecule has 3 aliphatic rings. The molecule has 28 heavy (non-hydrogen) atoms. The van der Waals surface area contributed by atoms with E-state index in [-0.39, 0.29) is 17.7 Å². The number of amides is 2. The average Bonchev–Trinajstić information content (AvgIpc) is 2.96. The summed E-state index contributed by atoms with van der Waals surface area (Å²) in [6.07, 6.45) is 1.10. The third-order valence-electron chi connectivity index (χ3n) is 5.90. The van der Waals surface area contributed by atoms with Crippen LogP contribution in [-0.4, -0.2) is 85.6 Å². The lowest BCUT2D eigenvalue weighted by Crippen LogP contribution is -2.50. The molecule has 0 spiro atoms. The number of carbonyl (C=O) groups excluding carboxylic acids is 2. The highest BCUT2D eigenvalue weighted by Crippen LogP contribution is 2.26. The number of ether oxygens (including phenoxy) is 2. The number of fused-ring (bicyclic) bond motifs is 1. The molecule has 1 aromatic rings. The minimum Gasteiger partial charge on any atom is -0.491 e. The molecule has 2 amide bonds. The molecule has 0 N–H and O–H groups in total. The molecule has 2 fully saturated rings. The predicted molar refractivity (Wildman–Crippen MR) is 104 cm³/mol. The first-order valence-electron chi connectivity index (χ1n) is 10.3. The molecule has 0 aromatic heterocycles. The van der Waals surface area contributed by atoms with Gasteiger partial charge in [0.2, 0.25) is 11.8 Å². The van der Waals surface area contributed by atoms with E-state index in [0.717, 1.165) is 44.2 Å². The highest BCUT2D eigenvalue weighted by Gasteiger charge is 2.33. The van der Waals surface area contributed by atoms with Gasteiger partial charge in [-0.1, -0.05) is 18.2 Å². The second-order valence-corrected chi connectivity index (χ2v) is 7.75. The van der Waals surface area contributed by atoms with Crippen molar-refractivity contribution in [1.29, 1.82) is 0 Å². The van der Waals surface area contributed by atoms with Crippen LogP contribution in [0.15, 0.2) is 24.3 Å². The van der Waals surface area contributed by atoms with Gasteiger partial charge in [-0.2, -0.15) is 0 Å². The molecule has 1 atom stereocenters. The van der Waals surface area contributed by atoms with Crippen LogP contribution in [-0.2, 0) is 20.9 Å². The van der Waals surface area contributed by atoms with Gasteiger partial charge in [-0.05, 0) is 12.5 Å². The van der Waals surface area contributed by atoms with E-state index in [1.165, 1.54) is 0 Å². The molecule has 0 bridgehead atoms. The molecule has 3 aliphatic heterocycles. The smallest absolute Gasteiger partial charge is 0.227 e. The summed E-state index contributed by atoms with van der Waals surface area (Å²) in [5, 5.41) is 0. The van der Waals surface area contributed by atoms with Crippen molar-refractivity contribution in [3.8, 4) is 5.75 Å². The maximum Gasteiger partial charge on any atom is 0.227 e. The number of rotatable bonds is 4. The first-order chi connectivity index (χ1) is 13.7. The Kier molecular flexibility index (Phi) is 6.12. The summed E-state index contributed by atoms with van der Waals surface area (Å²) in [6.45, 7) is 7.08. The Balaban J connectivity index is 1.35. The molecule has 4 rings (SSSR count). The van der Waals surface area contributed by atoms with Crippen molar-refractivity contribution in [2.45, 2.75) is 19.4 Å². The van der Waals surface area contributed by atoms with Gasteiger partial charge < -0.3 is 19.3 Å². The zero-order valence-electron chi connectivity index (χ0n) is 16.3. The number of carbonyl (C=O) groups is 2. The van der Waals surface area contributed by atoms with Crippen LogP contribution in [0, 0.1) is 5.92 Å². The van der Waals surface area contributed by atoms with Gasteiger partial charge in [0.05, 0.1) is 25.7 Å². The fourth-order valence-corrected chi connectivity index (χ4v) is 4.19. The van der Waals surface area contributed by atoms with E-state index in [9.17, 15) is 9.59 Å². The maximum atomic E-state index is 13.2. The van der Waals surface area contributed by atoms with Crippen LogP contribution in [0.3, 0.4) is 0 Å². The third-order valence-corrected chi connectivity index (χ3v) is 5.90. The van der Waals surface area contributed by atoms with Gasteiger partial charge in [-0.3, -0.25) is 14.5 Å². The maximum absolute atomic E-state index is 13.2. The number of para-hydroxylation sites is 1. The number of nitrogens with zero attached hydrogens (tertiary/aromatic N) is 3. The molecular formula is C21H29N3O4. The summed E-state index contributed by atoms with van der Waals surface area (Å²) < 4.78 is 11.2. The number of morpholine rings is 1. The number of hydrogen-bond acceptors (Lipinski definition) is 5. The van der Waals surface area contributed by atoms with E-state index in [1.54, 1.807) is 0 Å². The Morgan fingerprint density at radius 2 is 1.89 bits per heavy atom. The van der Waals surface area contributed by atoms with E-state index >= 15 is 0 Å². The Morgan fingerprint density at radius 3 is 2.75 bits per heavy atom. The largest absolute Gasteiger partial charge is 0.491 e. The highest BCUT2D eigenvalue weighted by molar-refractivity contribution is 5.84. The fraction of sp³-hybridized carbons (Fsp3) is 0.619. The Morgan fingerprint density at radius 1 is 1.07 bits per heavy atom. The van der Waals surface area contributed by atoms with Crippen molar-refractivity contribution in [1.82, 2.24) is 14.7 Å². The predicted octanol–water partition coefficient (Wildman–Crippen LogP) is 0.978. The van der Waals surface area contributed by atoms with Crippen LogP contribution in [0.2, 0.25) is 0 Å². The summed E-state index contributed by atoms with van der Waals surface area (Å²) in [5.41, 5.74) is 1.05. The zero-order valence-corrected chi connectivity index (χ0v) is 16.3. The molecule has 0 saturated carbocycles. The van der Waals surface area contributed by atoms with Crippen molar-refractivity contribution in [2.24, 2.45) is 5.92 Å². The summed E-state index contributed by atoms with van der Waals surface area (Å²) in [6, 6.07) is 7.90. The number of hydrogen-bond donors (Lipinski definition) is 0. The molecule has 0 radical (unpaired) electrons. The average molecular weight is 387 g/mol. The van der Waals surface area contributed by atoms with Crippen LogP contribution >= 0.6 is 0 Å². The Labute approximate surface area is 166 Å². The molecule has 152 valence electrons. The van der Waals surface area contributed by atoms with Crippen molar-refractivity contribution in [2.75, 3.05) is 59.1 Å². The molecule has 0 unspecified atom stereocenters. The second-order valence-electron chi connectivity index (χ2n) is 7.75. The minimum absolute atomic E-state index is 0.118. The van der Waals surface area contributed by atoms with Gasteiger partial charge in [0.15, 0.2) is 0 Å². The van der Waals surface area contributed by atoms with E-state index in [1.807, 2.05) is 34.1 Å². The lowest BCUT2D eigenvalue weighted by Gasteiger charge is -2.36. The van der Waals surface area contributed by atoms with Gasteiger partial charge in [-0.15, -0.1) is 0 Å². The molecule has 1 aromatic carbocycles. The van der Waals surface area contributed by atoms with Crippen molar-refractivity contribution >= 4 is 11.8 Å². The standard InChI is InChI=1S/C21H29N3O4/c25-20-6-5-18(16-23(20)8-7-22-9-12-27-13-10-22)21(26)24-11-14-28-19-4-2-1-3-17(19)15-24/h1-4,18H,5-16H2/t18-/m0/s1. The van der Waals surface area contributed by atoms with Crippen molar-refractivity contribution in [3.05, 3.63) is 29.8 Å². The SMILES string of the molecule is O=C1CC[C@H](C(=O)N2CCOc3ccccc3C2)CN1CCN1CCOCC1. The van der Waals surface area contributed by atoms with E-state index in [2.05, 4.69) is 4.90 Å². The molecule has 2 saturated heterocycles. The summed E-state index contributed by atoms with van der Waals surface area (Å²) in [5.74, 6) is 1.06.